The van der Waals surface area contributed by atoms with E-state index in [-0.39, 0.29) is 76.8 Å². The predicted molar refractivity (Wildman–Crippen MR) is 306 cm³/mol. The molecule has 0 aliphatic carbocycles. The standard InChI is InChI=1S/C59H86N12O12/c1-32(2)29-40-52(76)62-38(23-25-45(60)72)50(74)67-47(33(3)4)56(80)66-42(31-37-19-13-10-14-20-37)59(83)71-28-16-22-44(71)54(78)69-49(35(7)8)55(79)63-39(24-26-46(61)73)51(75)68-48(34(5)6)57(81)65-41(30-36-17-11-9-12-18-36)58(82)70-27-15-21-43(70)53(77)64-40/h9-14,17-20,32-35,38-44,47-49H,15-16,21-31H2,1-8H3,(H2,60,72)(H2,61,73)(H,62,76)(H,63,79)(H,64,77)(H,65,81)(H,66,80)(H,67,74)(H,68,75)(H,69,78)/t38-,39-,40-,41-,42-,43-,44-,47-,48-,49-/m0/s1. The van der Waals surface area contributed by atoms with Gasteiger partial charge in [0.25, 0.3) is 0 Å². The van der Waals surface area contributed by atoms with Crippen LogP contribution in [0.2, 0.25) is 0 Å². The first kappa shape index (κ1) is 65.9. The molecule has 24 nitrogen and oxygen atoms in total. The van der Waals surface area contributed by atoms with Crippen molar-refractivity contribution in [1.29, 1.82) is 0 Å². The van der Waals surface area contributed by atoms with Crippen LogP contribution in [0, 0.1) is 23.7 Å². The fourth-order valence-corrected chi connectivity index (χ4v) is 10.6. The minimum absolute atomic E-state index is 0.0396. The average molecular weight is 1160 g/mol. The minimum atomic E-state index is -1.47. The first-order valence-electron chi connectivity index (χ1n) is 28.9. The zero-order chi connectivity index (χ0) is 61.2. The van der Waals surface area contributed by atoms with E-state index in [1.54, 1.807) is 102 Å². The van der Waals surface area contributed by atoms with Crippen LogP contribution >= 0.6 is 0 Å². The Balaban J connectivity index is 1.60. The Labute approximate surface area is 485 Å². The number of nitrogens with zero attached hydrogens (tertiary/aromatic N) is 2. The quantitative estimate of drug-likeness (QED) is 0.112. The second kappa shape index (κ2) is 30.9. The van der Waals surface area contributed by atoms with Crippen molar-refractivity contribution in [2.24, 2.45) is 35.1 Å². The maximum Gasteiger partial charge on any atom is 0.246 e. The fourth-order valence-electron chi connectivity index (χ4n) is 10.6. The molecule has 0 saturated carbocycles. The van der Waals surface area contributed by atoms with Gasteiger partial charge in [0.05, 0.1) is 0 Å². The van der Waals surface area contributed by atoms with Gasteiger partial charge >= 0.3 is 0 Å². The number of rotatable bonds is 15. The second-order valence-corrected chi connectivity index (χ2v) is 23.4. The number of nitrogens with two attached hydrogens (primary N) is 2. The van der Waals surface area contributed by atoms with Gasteiger partial charge in [-0.2, -0.15) is 0 Å². The zero-order valence-corrected chi connectivity index (χ0v) is 49.0. The summed E-state index contributed by atoms with van der Waals surface area (Å²) in [6.45, 7) is 13.7. The Morgan fingerprint density at radius 1 is 0.434 bits per heavy atom. The third-order valence-electron chi connectivity index (χ3n) is 15.2. The topological polar surface area (TPSA) is 360 Å². The van der Waals surface area contributed by atoms with Gasteiger partial charge in [-0.3, -0.25) is 57.5 Å². The van der Waals surface area contributed by atoms with Gasteiger partial charge in [-0.1, -0.05) is 116 Å². The van der Waals surface area contributed by atoms with Gasteiger partial charge < -0.3 is 63.8 Å². The number of amides is 12. The van der Waals surface area contributed by atoms with Crippen LogP contribution in [0.25, 0.3) is 0 Å². The Morgan fingerprint density at radius 3 is 1.10 bits per heavy atom. The van der Waals surface area contributed by atoms with Crippen LogP contribution in [-0.4, -0.2) is 154 Å². The molecular formula is C59H86N12O12. The lowest BCUT2D eigenvalue weighted by Crippen LogP contribution is -2.62. The summed E-state index contributed by atoms with van der Waals surface area (Å²) in [6, 6.07) is 4.56. The molecular weight excluding hydrogens is 1070 g/mol. The molecule has 2 aromatic carbocycles. The lowest BCUT2D eigenvalue weighted by atomic mass is 9.98. The number of hydrogen-bond donors (Lipinski definition) is 10. The fraction of sp³-hybridized carbons (Fsp3) is 0.593. The lowest BCUT2D eigenvalue weighted by Gasteiger charge is -2.33. The average Bonchev–Trinajstić information content (AvgIpc) is 4.20. The van der Waals surface area contributed by atoms with Crippen LogP contribution in [0.1, 0.15) is 124 Å². The van der Waals surface area contributed by atoms with Gasteiger partial charge in [0.2, 0.25) is 70.9 Å². The van der Waals surface area contributed by atoms with E-state index < -0.39 is 149 Å². The molecule has 24 heteroatoms. The third-order valence-corrected chi connectivity index (χ3v) is 15.2. The smallest absolute Gasteiger partial charge is 0.246 e. The highest BCUT2D eigenvalue weighted by molar-refractivity contribution is 6.00. The molecule has 83 heavy (non-hydrogen) atoms. The molecule has 3 fully saturated rings. The second-order valence-electron chi connectivity index (χ2n) is 23.4. The summed E-state index contributed by atoms with van der Waals surface area (Å²) in [5, 5.41) is 21.9. The molecule has 0 aromatic heterocycles. The van der Waals surface area contributed by atoms with Crippen molar-refractivity contribution >= 4 is 70.9 Å². The molecule has 12 N–H and O–H groups in total. The summed E-state index contributed by atoms with van der Waals surface area (Å²) in [5.41, 5.74) is 12.4. The molecule has 12 amide bonds. The highest BCUT2D eigenvalue weighted by Crippen LogP contribution is 2.24. The van der Waals surface area contributed by atoms with E-state index in [1.165, 1.54) is 9.80 Å². The highest BCUT2D eigenvalue weighted by Gasteiger charge is 2.43. The number of fused-ring (bicyclic) bond motifs is 2. The molecule has 454 valence electrons. The van der Waals surface area contributed by atoms with Crippen molar-refractivity contribution in [3.8, 4) is 0 Å². The van der Waals surface area contributed by atoms with Crippen molar-refractivity contribution in [2.45, 2.75) is 186 Å². The zero-order valence-electron chi connectivity index (χ0n) is 49.0. The van der Waals surface area contributed by atoms with Gasteiger partial charge in [0.1, 0.15) is 60.4 Å². The van der Waals surface area contributed by atoms with E-state index in [0.717, 1.165) is 0 Å². The number of nitrogens with one attached hydrogen (secondary N) is 8. The summed E-state index contributed by atoms with van der Waals surface area (Å²) in [6.07, 6.45) is -0.228. The van der Waals surface area contributed by atoms with Crippen molar-refractivity contribution < 1.29 is 57.5 Å². The van der Waals surface area contributed by atoms with Gasteiger partial charge in [-0.15, -0.1) is 0 Å². The number of primary amides is 2. The summed E-state index contributed by atoms with van der Waals surface area (Å²) >= 11 is 0. The summed E-state index contributed by atoms with van der Waals surface area (Å²) in [5.74, 6) is -11.2. The lowest BCUT2D eigenvalue weighted by molar-refractivity contribution is -0.143. The maximum atomic E-state index is 14.9. The van der Waals surface area contributed by atoms with E-state index in [9.17, 15) is 57.5 Å². The van der Waals surface area contributed by atoms with Crippen LogP contribution in [0.4, 0.5) is 0 Å². The maximum absolute atomic E-state index is 14.9. The highest BCUT2D eigenvalue weighted by atomic mass is 16.2. The Morgan fingerprint density at radius 2 is 0.747 bits per heavy atom. The Bertz CT molecular complexity index is 2650. The minimum Gasteiger partial charge on any atom is -0.370 e. The predicted octanol–water partition coefficient (Wildman–Crippen LogP) is -0.109. The van der Waals surface area contributed by atoms with Crippen molar-refractivity contribution in [1.82, 2.24) is 52.3 Å². The van der Waals surface area contributed by atoms with E-state index >= 15 is 0 Å². The molecule has 3 saturated heterocycles. The molecule has 10 atom stereocenters. The van der Waals surface area contributed by atoms with E-state index in [0.29, 0.717) is 24.0 Å². The van der Waals surface area contributed by atoms with Crippen molar-refractivity contribution in [2.75, 3.05) is 13.1 Å². The molecule has 3 aliphatic heterocycles. The summed E-state index contributed by atoms with van der Waals surface area (Å²) in [4.78, 5) is 172. The summed E-state index contributed by atoms with van der Waals surface area (Å²) < 4.78 is 0. The van der Waals surface area contributed by atoms with Gasteiger partial charge in [0.15, 0.2) is 0 Å². The SMILES string of the molecule is CC(C)C[C@@H]1NC(=O)[C@@H]2CCCN2C(=O)[C@H](Cc2ccccc2)NC(=O)[C@H](C(C)C)NC(=O)[C@H](CCC(N)=O)NC(=O)[C@H](C(C)C)NC(=O)[C@@H]2CCCN2C(=O)[C@H](Cc2ccccc2)NC(=O)[C@H](C(C)C)NC(=O)[C@H](CCC(N)=O)NC1=O. The van der Waals surface area contributed by atoms with Crippen LogP contribution in [0.15, 0.2) is 60.7 Å². The van der Waals surface area contributed by atoms with Crippen LogP contribution < -0.4 is 54.0 Å². The first-order valence-corrected chi connectivity index (χ1v) is 28.9. The van der Waals surface area contributed by atoms with Crippen LogP contribution in [0.3, 0.4) is 0 Å². The van der Waals surface area contributed by atoms with Crippen molar-refractivity contribution in [3.63, 3.8) is 0 Å². The van der Waals surface area contributed by atoms with Gasteiger partial charge in [-0.05, 0) is 79.7 Å². The monoisotopic (exact) mass is 1150 g/mol. The number of carbonyl (C=O) groups is 12. The molecule has 2 aromatic rings. The van der Waals surface area contributed by atoms with Crippen molar-refractivity contribution in [3.05, 3.63) is 71.8 Å². The normalized spacial score (nSPS) is 26.3. The molecule has 0 spiro atoms. The Kier molecular flexibility index (Phi) is 24.6. The largest absolute Gasteiger partial charge is 0.370 e. The Hall–Kier alpha value is -7.92. The van der Waals surface area contributed by atoms with E-state index in [1.807, 2.05) is 13.8 Å². The molecule has 5 rings (SSSR count). The van der Waals surface area contributed by atoms with Crippen LogP contribution in [-0.2, 0) is 70.4 Å². The van der Waals surface area contributed by atoms with Crippen LogP contribution in [0.5, 0.6) is 0 Å². The summed E-state index contributed by atoms with van der Waals surface area (Å²) in [7, 11) is 0. The van der Waals surface area contributed by atoms with Gasteiger partial charge in [-0.25, -0.2) is 0 Å². The van der Waals surface area contributed by atoms with E-state index in [4.69, 9.17) is 11.5 Å². The third kappa shape index (κ3) is 19.1. The van der Waals surface area contributed by atoms with E-state index in [2.05, 4.69) is 42.5 Å². The molecule has 0 bridgehead atoms. The molecule has 3 heterocycles. The number of hydrogen-bond acceptors (Lipinski definition) is 12. The molecule has 3 aliphatic rings. The number of benzene rings is 2. The number of carbonyl (C=O) groups excluding carboxylic acids is 12. The first-order chi connectivity index (χ1) is 39.2. The van der Waals surface area contributed by atoms with Gasteiger partial charge in [0, 0.05) is 38.8 Å². The molecule has 0 unspecified atom stereocenters. The molecule has 0 radical (unpaired) electrons.